The van der Waals surface area contributed by atoms with Gasteiger partial charge in [-0.05, 0) is 36.6 Å². The molecule has 2 aromatic carbocycles. The molecule has 0 atom stereocenters. The molecular formula is C20H17F9. The van der Waals surface area contributed by atoms with E-state index in [1.165, 1.54) is 12.1 Å². The molecule has 0 N–H and O–H groups in total. The van der Waals surface area contributed by atoms with Crippen LogP contribution in [0.3, 0.4) is 0 Å². The average Bonchev–Trinajstić information content (AvgIpc) is 2.52. The summed E-state index contributed by atoms with van der Waals surface area (Å²) in [6.45, 7) is 3.06. The van der Waals surface area contributed by atoms with Gasteiger partial charge in [-0.3, -0.25) is 0 Å². The second-order valence-electron chi connectivity index (χ2n) is 7.49. The van der Waals surface area contributed by atoms with E-state index in [-0.39, 0.29) is 5.56 Å². The summed E-state index contributed by atoms with van der Waals surface area (Å²) in [5.74, 6) is 0. The van der Waals surface area contributed by atoms with Gasteiger partial charge < -0.3 is 0 Å². The highest BCUT2D eigenvalue weighted by Crippen LogP contribution is 2.47. The molecule has 0 heterocycles. The van der Waals surface area contributed by atoms with E-state index in [0.717, 1.165) is 26.0 Å². The van der Waals surface area contributed by atoms with E-state index in [4.69, 9.17) is 0 Å². The minimum Gasteiger partial charge on any atom is -0.171 e. The Hall–Kier alpha value is -2.19. The van der Waals surface area contributed by atoms with Crippen molar-refractivity contribution in [1.82, 2.24) is 0 Å². The number of alkyl halides is 9. The Labute approximate surface area is 161 Å². The lowest BCUT2D eigenvalue weighted by atomic mass is 9.82. The SMILES string of the molecule is Cc1ccc(-c2c(C(F)(F)F)cc(CC(C)(C)C(F)(F)F)cc2C(F)(F)F)cc1. The molecule has 0 bridgehead atoms. The smallest absolute Gasteiger partial charge is 0.171 e. The van der Waals surface area contributed by atoms with Gasteiger partial charge in [0.2, 0.25) is 0 Å². The van der Waals surface area contributed by atoms with Gasteiger partial charge in [0.15, 0.2) is 0 Å². The van der Waals surface area contributed by atoms with E-state index < -0.39 is 52.6 Å². The molecule has 0 fully saturated rings. The van der Waals surface area contributed by atoms with Crippen LogP contribution in [0.2, 0.25) is 0 Å². The van der Waals surface area contributed by atoms with E-state index >= 15 is 0 Å². The van der Waals surface area contributed by atoms with Crippen molar-refractivity contribution < 1.29 is 39.5 Å². The summed E-state index contributed by atoms with van der Waals surface area (Å²) in [6.07, 6.45) is -16.2. The van der Waals surface area contributed by atoms with Crippen molar-refractivity contribution in [3.8, 4) is 11.1 Å². The highest BCUT2D eigenvalue weighted by Gasteiger charge is 2.48. The largest absolute Gasteiger partial charge is 0.417 e. The summed E-state index contributed by atoms with van der Waals surface area (Å²) in [7, 11) is 0. The van der Waals surface area contributed by atoms with Gasteiger partial charge in [0.25, 0.3) is 0 Å². The molecule has 0 unspecified atom stereocenters. The topological polar surface area (TPSA) is 0 Å². The molecular weight excluding hydrogens is 411 g/mol. The maximum absolute atomic E-state index is 13.6. The second kappa shape index (κ2) is 7.25. The van der Waals surface area contributed by atoms with Crippen molar-refractivity contribution in [2.45, 2.75) is 45.7 Å². The molecule has 0 aromatic heterocycles. The predicted octanol–water partition coefficient (Wildman–Crippen LogP) is 7.83. The summed E-state index contributed by atoms with van der Waals surface area (Å²) in [5, 5.41) is 0. The van der Waals surface area contributed by atoms with Gasteiger partial charge in [-0.2, -0.15) is 39.5 Å². The highest BCUT2D eigenvalue weighted by atomic mass is 19.4. The minimum absolute atomic E-state index is 0.322. The van der Waals surface area contributed by atoms with Gasteiger partial charge in [-0.1, -0.05) is 43.7 Å². The number of benzene rings is 2. The number of hydrogen-bond donors (Lipinski definition) is 0. The Bertz CT molecular complexity index is 832. The molecule has 0 aliphatic carbocycles. The summed E-state index contributed by atoms with van der Waals surface area (Å²) in [4.78, 5) is 0. The Balaban J connectivity index is 2.82. The molecule has 0 aliphatic heterocycles. The van der Waals surface area contributed by atoms with Gasteiger partial charge in [0, 0.05) is 5.56 Å². The van der Waals surface area contributed by atoms with Crippen LogP contribution in [0.4, 0.5) is 39.5 Å². The first-order valence-electron chi connectivity index (χ1n) is 8.38. The maximum atomic E-state index is 13.6. The van der Waals surface area contributed by atoms with Crippen molar-refractivity contribution in [2.24, 2.45) is 5.41 Å². The lowest BCUT2D eigenvalue weighted by Crippen LogP contribution is -2.34. The summed E-state index contributed by atoms with van der Waals surface area (Å²) in [5.41, 5.74) is -7.24. The third-order valence-corrected chi connectivity index (χ3v) is 4.56. The monoisotopic (exact) mass is 428 g/mol. The van der Waals surface area contributed by atoms with Crippen LogP contribution in [0.15, 0.2) is 36.4 Å². The zero-order valence-electron chi connectivity index (χ0n) is 15.6. The molecule has 0 saturated carbocycles. The number of halogens is 9. The quantitative estimate of drug-likeness (QED) is 0.437. The van der Waals surface area contributed by atoms with Gasteiger partial charge in [-0.15, -0.1) is 0 Å². The molecule has 0 aliphatic rings. The van der Waals surface area contributed by atoms with E-state index in [2.05, 4.69) is 0 Å². The second-order valence-corrected chi connectivity index (χ2v) is 7.49. The lowest BCUT2D eigenvalue weighted by molar-refractivity contribution is -0.211. The Morgan fingerprint density at radius 3 is 1.45 bits per heavy atom. The fourth-order valence-electron chi connectivity index (χ4n) is 2.89. The maximum Gasteiger partial charge on any atom is 0.417 e. The van der Waals surface area contributed by atoms with Crippen molar-refractivity contribution in [2.75, 3.05) is 0 Å². The first-order valence-corrected chi connectivity index (χ1v) is 8.38. The van der Waals surface area contributed by atoms with Crippen LogP contribution in [0.5, 0.6) is 0 Å². The Kier molecular flexibility index (Phi) is 5.77. The van der Waals surface area contributed by atoms with Crippen molar-refractivity contribution in [3.63, 3.8) is 0 Å². The highest BCUT2D eigenvalue weighted by molar-refractivity contribution is 5.73. The zero-order valence-corrected chi connectivity index (χ0v) is 15.6. The average molecular weight is 428 g/mol. The Morgan fingerprint density at radius 1 is 0.690 bits per heavy atom. The van der Waals surface area contributed by atoms with Crippen LogP contribution in [-0.4, -0.2) is 6.18 Å². The van der Waals surface area contributed by atoms with Crippen LogP contribution >= 0.6 is 0 Å². The number of hydrogen-bond acceptors (Lipinski definition) is 0. The van der Waals surface area contributed by atoms with E-state index in [1.807, 2.05) is 0 Å². The summed E-state index contributed by atoms with van der Waals surface area (Å²) < 4.78 is 121. The standard InChI is InChI=1S/C20H17F9/c1-11-4-6-13(7-5-11)16-14(18(21,22)23)8-12(9-15(16)19(24,25)26)10-17(2,3)20(27,28)29/h4-9H,10H2,1-3H3. The fourth-order valence-corrected chi connectivity index (χ4v) is 2.89. The normalized spacial score (nSPS) is 13.7. The fraction of sp³-hybridized carbons (Fsp3) is 0.400. The molecule has 9 heteroatoms. The number of aryl methyl sites for hydroxylation is 1. The Morgan fingerprint density at radius 2 is 1.10 bits per heavy atom. The van der Waals surface area contributed by atoms with Crippen molar-refractivity contribution in [1.29, 1.82) is 0 Å². The van der Waals surface area contributed by atoms with Crippen LogP contribution in [0.25, 0.3) is 11.1 Å². The molecule has 0 nitrogen and oxygen atoms in total. The van der Waals surface area contributed by atoms with Crippen LogP contribution in [0, 0.1) is 12.3 Å². The molecule has 2 aromatic rings. The molecule has 29 heavy (non-hydrogen) atoms. The third-order valence-electron chi connectivity index (χ3n) is 4.56. The summed E-state index contributed by atoms with van der Waals surface area (Å²) >= 11 is 0. The molecule has 0 amide bonds. The van der Waals surface area contributed by atoms with Crippen LogP contribution in [-0.2, 0) is 18.8 Å². The van der Waals surface area contributed by atoms with E-state index in [9.17, 15) is 39.5 Å². The molecule has 160 valence electrons. The van der Waals surface area contributed by atoms with Gasteiger partial charge in [-0.25, -0.2) is 0 Å². The first-order chi connectivity index (χ1) is 12.9. The van der Waals surface area contributed by atoms with E-state index in [0.29, 0.717) is 17.7 Å². The predicted molar refractivity (Wildman–Crippen MR) is 90.2 cm³/mol. The van der Waals surface area contributed by atoms with Crippen molar-refractivity contribution >= 4 is 0 Å². The van der Waals surface area contributed by atoms with Gasteiger partial charge >= 0.3 is 18.5 Å². The molecule has 0 radical (unpaired) electrons. The minimum atomic E-state index is -5.20. The van der Waals surface area contributed by atoms with Crippen LogP contribution < -0.4 is 0 Å². The molecule has 0 saturated heterocycles. The van der Waals surface area contributed by atoms with Crippen LogP contribution in [0.1, 0.15) is 36.1 Å². The van der Waals surface area contributed by atoms with Crippen molar-refractivity contribution in [3.05, 3.63) is 58.7 Å². The lowest BCUT2D eigenvalue weighted by Gasteiger charge is -2.29. The van der Waals surface area contributed by atoms with E-state index in [1.54, 1.807) is 6.92 Å². The molecule has 0 spiro atoms. The van der Waals surface area contributed by atoms with Gasteiger partial charge in [0.05, 0.1) is 16.5 Å². The zero-order chi connectivity index (χ0) is 22.4. The number of rotatable bonds is 3. The first kappa shape index (κ1) is 23.1. The third kappa shape index (κ3) is 5.05. The summed E-state index contributed by atoms with van der Waals surface area (Å²) in [6, 6.07) is 5.70. The van der Waals surface area contributed by atoms with Gasteiger partial charge in [0.1, 0.15) is 0 Å². The molecule has 2 rings (SSSR count).